The smallest absolute Gasteiger partial charge is 0.347 e. The van der Waals surface area contributed by atoms with Crippen molar-refractivity contribution in [2.24, 2.45) is 0 Å². The van der Waals surface area contributed by atoms with Gasteiger partial charge in [-0.05, 0) is 13.8 Å². The largest absolute Gasteiger partial charge is 0.348 e. The van der Waals surface area contributed by atoms with Crippen LogP contribution in [0.5, 0.6) is 0 Å². The molecule has 0 aromatic rings. The molecule has 9 heavy (non-hydrogen) atoms. The third kappa shape index (κ3) is 2.50. The van der Waals surface area contributed by atoms with E-state index in [0.29, 0.717) is 5.57 Å². The highest BCUT2D eigenvalue weighted by atomic mass is 16.5. The second-order valence-electron chi connectivity index (χ2n) is 1.45. The van der Waals surface area contributed by atoms with Gasteiger partial charge in [-0.1, -0.05) is 6.08 Å². The Hall–Kier alpha value is -1.30. The third-order valence-corrected chi connectivity index (χ3v) is 0.893. The van der Waals surface area contributed by atoms with E-state index < -0.39 is 5.97 Å². The van der Waals surface area contributed by atoms with Gasteiger partial charge in [0.25, 0.3) is 6.26 Å². The first-order chi connectivity index (χ1) is 4.22. The first-order valence-corrected chi connectivity index (χ1v) is 2.45. The summed E-state index contributed by atoms with van der Waals surface area (Å²) in [4.78, 5) is 10.5. The van der Waals surface area contributed by atoms with Gasteiger partial charge < -0.3 is 4.74 Å². The van der Waals surface area contributed by atoms with E-state index in [2.05, 4.69) is 4.74 Å². The van der Waals surface area contributed by atoms with Gasteiger partial charge in [0.2, 0.25) is 0 Å². The molecule has 0 atom stereocenters. The van der Waals surface area contributed by atoms with E-state index >= 15 is 0 Å². The number of hydrogen-bond acceptors (Lipinski definition) is 3. The topological polar surface area (TPSA) is 50.1 Å². The normalized spacial score (nSPS) is 10.1. The van der Waals surface area contributed by atoms with E-state index in [1.807, 2.05) is 0 Å². The molecule has 0 unspecified atom stereocenters. The number of hydrogen-bond donors (Lipinski definition) is 0. The molecule has 3 nitrogen and oxygen atoms in total. The number of nitrogens with zero attached hydrogens (tertiary/aromatic N) is 1. The summed E-state index contributed by atoms with van der Waals surface area (Å²) in [5.74, 6) is -0.583. The maximum atomic E-state index is 10.5. The summed E-state index contributed by atoms with van der Waals surface area (Å²) in [5.41, 5.74) is 0.441. The number of esters is 1. The molecule has 0 aliphatic carbocycles. The first kappa shape index (κ1) is 7.70. The highest BCUT2D eigenvalue weighted by molar-refractivity contribution is 5.88. The van der Waals surface area contributed by atoms with Crippen LogP contribution in [0.3, 0.4) is 0 Å². The Morgan fingerprint density at radius 1 is 1.78 bits per heavy atom. The van der Waals surface area contributed by atoms with Gasteiger partial charge in [-0.15, -0.1) is 5.26 Å². The Morgan fingerprint density at radius 3 is 2.67 bits per heavy atom. The van der Waals surface area contributed by atoms with Gasteiger partial charge in [-0.3, -0.25) is 0 Å². The average Bonchev–Trinajstić information content (AvgIpc) is 1.87. The van der Waals surface area contributed by atoms with Crippen molar-refractivity contribution >= 4 is 5.97 Å². The predicted octanol–water partition coefficient (Wildman–Crippen LogP) is 0.977. The molecule has 0 aromatic heterocycles. The molecule has 0 aliphatic rings. The van der Waals surface area contributed by atoms with Crippen LogP contribution in [0.2, 0.25) is 0 Å². The first-order valence-electron chi connectivity index (χ1n) is 2.45. The number of allylic oxidation sites excluding steroid dienone is 1. The van der Waals surface area contributed by atoms with E-state index in [9.17, 15) is 4.79 Å². The molecule has 0 radical (unpaired) electrons. The molecule has 0 rings (SSSR count). The van der Waals surface area contributed by atoms with E-state index in [0.717, 1.165) is 0 Å². The molecule has 0 saturated carbocycles. The highest BCUT2D eigenvalue weighted by Gasteiger charge is 2.01. The molecule has 0 bridgehead atoms. The number of carbonyl (C=O) groups excluding carboxylic acids is 1. The monoisotopic (exact) mass is 125 g/mol. The minimum absolute atomic E-state index is 0.441. The van der Waals surface area contributed by atoms with Crippen molar-refractivity contribution in [3.8, 4) is 6.26 Å². The van der Waals surface area contributed by atoms with Gasteiger partial charge in [0.05, 0.1) is 0 Å². The lowest BCUT2D eigenvalue weighted by Gasteiger charge is -1.90. The Labute approximate surface area is 53.5 Å². The predicted molar refractivity (Wildman–Crippen MR) is 31.1 cm³/mol. The fraction of sp³-hybridized carbons (Fsp3) is 0.333. The summed E-state index contributed by atoms with van der Waals surface area (Å²) in [5, 5.41) is 7.86. The number of nitriles is 1. The minimum atomic E-state index is -0.583. The number of rotatable bonds is 1. The van der Waals surface area contributed by atoms with Gasteiger partial charge in [-0.2, -0.15) is 0 Å². The van der Waals surface area contributed by atoms with Gasteiger partial charge in [0.15, 0.2) is 0 Å². The van der Waals surface area contributed by atoms with Crippen LogP contribution < -0.4 is 0 Å². The Morgan fingerprint density at radius 2 is 2.33 bits per heavy atom. The van der Waals surface area contributed by atoms with Crippen molar-refractivity contribution in [3.63, 3.8) is 0 Å². The molecule has 0 amide bonds. The average molecular weight is 125 g/mol. The molecule has 0 heterocycles. The van der Waals surface area contributed by atoms with Gasteiger partial charge in [0.1, 0.15) is 0 Å². The van der Waals surface area contributed by atoms with Crippen molar-refractivity contribution in [2.45, 2.75) is 13.8 Å². The molecule has 3 heteroatoms. The minimum Gasteiger partial charge on any atom is -0.347 e. The van der Waals surface area contributed by atoms with Crippen molar-refractivity contribution < 1.29 is 9.53 Å². The summed E-state index contributed by atoms with van der Waals surface area (Å²) in [6, 6.07) is 0. The van der Waals surface area contributed by atoms with Crippen molar-refractivity contribution in [1.82, 2.24) is 0 Å². The molecule has 0 spiro atoms. The fourth-order valence-electron chi connectivity index (χ4n) is 0.240. The van der Waals surface area contributed by atoms with Crippen LogP contribution in [0.15, 0.2) is 11.6 Å². The lowest BCUT2D eigenvalue weighted by molar-refractivity contribution is -0.132. The van der Waals surface area contributed by atoms with Crippen LogP contribution in [0.25, 0.3) is 0 Å². The van der Waals surface area contributed by atoms with Crippen molar-refractivity contribution in [1.29, 1.82) is 5.26 Å². The van der Waals surface area contributed by atoms with Gasteiger partial charge in [-0.25, -0.2) is 4.79 Å². The molecule has 0 fully saturated rings. The SMILES string of the molecule is C/C=C(\C)C(=O)OC#N. The molecule has 0 saturated heterocycles. The maximum absolute atomic E-state index is 10.5. The maximum Gasteiger partial charge on any atom is 0.348 e. The molecular weight excluding hydrogens is 118 g/mol. The summed E-state index contributed by atoms with van der Waals surface area (Å²) in [7, 11) is 0. The summed E-state index contributed by atoms with van der Waals surface area (Å²) in [6.45, 7) is 3.29. The van der Waals surface area contributed by atoms with Crippen LogP contribution >= 0.6 is 0 Å². The lowest BCUT2D eigenvalue weighted by atomic mass is 10.3. The van der Waals surface area contributed by atoms with Crippen molar-refractivity contribution in [2.75, 3.05) is 0 Å². The van der Waals surface area contributed by atoms with Gasteiger partial charge >= 0.3 is 5.97 Å². The highest BCUT2D eigenvalue weighted by Crippen LogP contribution is 1.93. The van der Waals surface area contributed by atoms with Crippen LogP contribution in [-0.2, 0) is 9.53 Å². The zero-order valence-corrected chi connectivity index (χ0v) is 5.34. The second kappa shape index (κ2) is 3.67. The van der Waals surface area contributed by atoms with Gasteiger partial charge in [0, 0.05) is 5.57 Å². The summed E-state index contributed by atoms with van der Waals surface area (Å²) in [6.07, 6.45) is 2.88. The van der Waals surface area contributed by atoms with Crippen LogP contribution in [-0.4, -0.2) is 5.97 Å². The summed E-state index contributed by atoms with van der Waals surface area (Å²) >= 11 is 0. The third-order valence-electron chi connectivity index (χ3n) is 0.893. The standard InChI is InChI=1S/C6H7NO2/c1-3-5(2)6(8)9-4-7/h3H,1-2H3/b5-3+. The molecule has 0 aromatic carbocycles. The van der Waals surface area contributed by atoms with E-state index in [4.69, 9.17) is 5.26 Å². The quantitative estimate of drug-likeness (QED) is 0.298. The van der Waals surface area contributed by atoms with Crippen LogP contribution in [0, 0.1) is 11.5 Å². The van der Waals surface area contributed by atoms with Crippen LogP contribution in [0.1, 0.15) is 13.8 Å². The number of carbonyl (C=O) groups is 1. The Bertz CT molecular complexity index is 176. The lowest BCUT2D eigenvalue weighted by Crippen LogP contribution is -1.99. The Balaban J connectivity index is 3.93. The summed E-state index contributed by atoms with van der Waals surface area (Å²) < 4.78 is 3.99. The Kier molecular flexibility index (Phi) is 3.14. The van der Waals surface area contributed by atoms with E-state index in [-0.39, 0.29) is 0 Å². The van der Waals surface area contributed by atoms with E-state index in [1.165, 1.54) is 6.26 Å². The molecule has 48 valence electrons. The van der Waals surface area contributed by atoms with E-state index in [1.54, 1.807) is 19.9 Å². The molecule has 0 aliphatic heterocycles. The zero-order chi connectivity index (χ0) is 7.28. The molecule has 0 N–H and O–H groups in total. The number of ether oxygens (including phenoxy) is 1. The molecular formula is C6H7NO2. The fourth-order valence-corrected chi connectivity index (χ4v) is 0.240. The van der Waals surface area contributed by atoms with Crippen molar-refractivity contribution in [3.05, 3.63) is 11.6 Å². The second-order valence-corrected chi connectivity index (χ2v) is 1.45. The zero-order valence-electron chi connectivity index (χ0n) is 5.34. The van der Waals surface area contributed by atoms with Crippen LogP contribution in [0.4, 0.5) is 0 Å².